The second-order valence-electron chi connectivity index (χ2n) is 4.76. The second kappa shape index (κ2) is 5.93. The molecule has 0 bridgehead atoms. The fourth-order valence-corrected chi connectivity index (χ4v) is 2.47. The Morgan fingerprint density at radius 2 is 2.37 bits per heavy atom. The highest BCUT2D eigenvalue weighted by atomic mass is 16.5. The number of anilines is 2. The van der Waals surface area contributed by atoms with Crippen LogP contribution in [0.5, 0.6) is 0 Å². The molecule has 0 spiro atoms. The van der Waals surface area contributed by atoms with Crippen LogP contribution in [0.25, 0.3) is 0 Å². The number of methoxy groups -OCH3 is 1. The van der Waals surface area contributed by atoms with Gasteiger partial charge in [-0.05, 0) is 25.0 Å². The van der Waals surface area contributed by atoms with E-state index >= 15 is 0 Å². The first-order valence-electron chi connectivity index (χ1n) is 6.55. The lowest BCUT2D eigenvalue weighted by molar-refractivity contribution is -0.122. The van der Waals surface area contributed by atoms with E-state index in [1.54, 1.807) is 7.11 Å². The number of nitrogen functional groups attached to an aromatic ring is 1. The zero-order valence-electron chi connectivity index (χ0n) is 11.5. The molecule has 0 saturated carbocycles. The largest absolute Gasteiger partial charge is 0.397 e. The summed E-state index contributed by atoms with van der Waals surface area (Å²) in [5, 5.41) is 2.86. The van der Waals surface area contributed by atoms with Crippen LogP contribution in [-0.4, -0.2) is 38.8 Å². The third-order valence-electron chi connectivity index (χ3n) is 3.51. The summed E-state index contributed by atoms with van der Waals surface area (Å²) in [5.41, 5.74) is 9.00. The van der Waals surface area contributed by atoms with Crippen LogP contribution in [0, 0.1) is 0 Å². The van der Waals surface area contributed by atoms with Gasteiger partial charge in [-0.1, -0.05) is 12.1 Å². The maximum absolute atomic E-state index is 12.1. The molecule has 104 valence electrons. The number of carbonyl (C=O) groups excluding carboxylic acids is 1. The molecular formula is C14H21N3O2. The van der Waals surface area contributed by atoms with Gasteiger partial charge < -0.3 is 20.7 Å². The summed E-state index contributed by atoms with van der Waals surface area (Å²) in [6.07, 6.45) is 0.941. The van der Waals surface area contributed by atoms with Crippen LogP contribution < -0.4 is 16.0 Å². The quantitative estimate of drug-likeness (QED) is 0.608. The lowest BCUT2D eigenvalue weighted by Crippen LogP contribution is -2.45. The Balaban J connectivity index is 2.06. The van der Waals surface area contributed by atoms with Crippen LogP contribution in [0.4, 0.5) is 11.4 Å². The van der Waals surface area contributed by atoms with Crippen molar-refractivity contribution in [2.75, 3.05) is 37.4 Å². The van der Waals surface area contributed by atoms with Gasteiger partial charge in [-0.3, -0.25) is 4.79 Å². The Kier molecular flexibility index (Phi) is 4.27. The summed E-state index contributed by atoms with van der Waals surface area (Å²) in [4.78, 5) is 14.2. The van der Waals surface area contributed by atoms with Crippen molar-refractivity contribution in [3.8, 4) is 0 Å². The minimum Gasteiger partial charge on any atom is -0.397 e. The van der Waals surface area contributed by atoms with Gasteiger partial charge in [0.1, 0.15) is 6.04 Å². The number of hydrogen-bond acceptors (Lipinski definition) is 4. The molecule has 1 aromatic rings. The van der Waals surface area contributed by atoms with Crippen LogP contribution in [-0.2, 0) is 16.0 Å². The minimum atomic E-state index is -0.220. The van der Waals surface area contributed by atoms with Crippen molar-refractivity contribution in [3.05, 3.63) is 23.8 Å². The lowest BCUT2D eigenvalue weighted by atomic mass is 10.1. The van der Waals surface area contributed by atoms with Crippen molar-refractivity contribution >= 4 is 17.3 Å². The molecule has 3 N–H and O–H groups in total. The van der Waals surface area contributed by atoms with E-state index in [-0.39, 0.29) is 11.9 Å². The molecule has 1 heterocycles. The monoisotopic (exact) mass is 263 g/mol. The smallest absolute Gasteiger partial charge is 0.242 e. The van der Waals surface area contributed by atoms with Gasteiger partial charge in [-0.15, -0.1) is 0 Å². The van der Waals surface area contributed by atoms with E-state index in [1.807, 2.05) is 19.1 Å². The van der Waals surface area contributed by atoms with Crippen LogP contribution in [0.1, 0.15) is 12.5 Å². The number of amides is 1. The predicted molar refractivity (Wildman–Crippen MR) is 76.3 cm³/mol. The summed E-state index contributed by atoms with van der Waals surface area (Å²) in [5.74, 6) is 0.00755. The van der Waals surface area contributed by atoms with Gasteiger partial charge >= 0.3 is 0 Å². The highest BCUT2D eigenvalue weighted by Gasteiger charge is 2.28. The minimum absolute atomic E-state index is 0.00755. The molecule has 2 rings (SSSR count). The molecule has 1 aromatic carbocycles. The lowest BCUT2D eigenvalue weighted by Gasteiger charge is -2.27. The van der Waals surface area contributed by atoms with Crippen molar-refractivity contribution in [1.29, 1.82) is 0 Å². The zero-order chi connectivity index (χ0) is 13.8. The van der Waals surface area contributed by atoms with E-state index in [0.29, 0.717) is 13.2 Å². The summed E-state index contributed by atoms with van der Waals surface area (Å²) in [7, 11) is 1.62. The summed E-state index contributed by atoms with van der Waals surface area (Å²) >= 11 is 0. The predicted octanol–water partition coefficient (Wildman–Crippen LogP) is 0.782. The summed E-state index contributed by atoms with van der Waals surface area (Å²) < 4.78 is 4.92. The zero-order valence-corrected chi connectivity index (χ0v) is 11.5. The van der Waals surface area contributed by atoms with E-state index in [0.717, 1.165) is 24.3 Å². The van der Waals surface area contributed by atoms with E-state index in [9.17, 15) is 4.79 Å². The maximum atomic E-state index is 12.1. The Morgan fingerprint density at radius 3 is 3.11 bits per heavy atom. The van der Waals surface area contributed by atoms with Gasteiger partial charge in [0.15, 0.2) is 0 Å². The molecule has 0 saturated heterocycles. The Hall–Kier alpha value is -1.75. The van der Waals surface area contributed by atoms with Crippen molar-refractivity contribution < 1.29 is 9.53 Å². The van der Waals surface area contributed by atoms with E-state index in [4.69, 9.17) is 10.5 Å². The molecule has 0 radical (unpaired) electrons. The van der Waals surface area contributed by atoms with Gasteiger partial charge in [0, 0.05) is 20.2 Å². The first-order valence-corrected chi connectivity index (χ1v) is 6.55. The number of benzene rings is 1. The number of nitrogens with zero attached hydrogens (tertiary/aromatic N) is 1. The molecule has 1 aliphatic heterocycles. The molecule has 1 aliphatic rings. The first-order chi connectivity index (χ1) is 9.15. The highest BCUT2D eigenvalue weighted by Crippen LogP contribution is 2.34. The molecule has 0 fully saturated rings. The Labute approximate surface area is 113 Å². The van der Waals surface area contributed by atoms with Crippen molar-refractivity contribution in [3.63, 3.8) is 0 Å². The molecule has 0 aromatic heterocycles. The normalized spacial score (nSPS) is 15.2. The number of rotatable bonds is 5. The maximum Gasteiger partial charge on any atom is 0.242 e. The third-order valence-corrected chi connectivity index (χ3v) is 3.51. The topological polar surface area (TPSA) is 67.6 Å². The Morgan fingerprint density at radius 1 is 1.58 bits per heavy atom. The molecule has 1 unspecified atom stereocenters. The van der Waals surface area contributed by atoms with Gasteiger partial charge in [-0.25, -0.2) is 0 Å². The molecule has 5 heteroatoms. The number of hydrogen-bond donors (Lipinski definition) is 2. The average molecular weight is 263 g/mol. The SMILES string of the molecule is COCCNC(=O)C(C)N1CCc2cccc(N)c21. The van der Waals surface area contributed by atoms with E-state index in [1.165, 1.54) is 5.56 Å². The van der Waals surface area contributed by atoms with Crippen LogP contribution in [0.15, 0.2) is 18.2 Å². The number of nitrogens with two attached hydrogens (primary N) is 1. The van der Waals surface area contributed by atoms with Crippen LogP contribution in [0.3, 0.4) is 0 Å². The standard InChI is InChI=1S/C14H21N3O2/c1-10(14(18)16-7-9-19-2)17-8-6-11-4-3-5-12(15)13(11)17/h3-5,10H,6-9,15H2,1-2H3,(H,16,18). The number of nitrogens with one attached hydrogen (secondary N) is 1. The van der Waals surface area contributed by atoms with Crippen molar-refractivity contribution in [2.24, 2.45) is 0 Å². The fraction of sp³-hybridized carbons (Fsp3) is 0.500. The molecule has 5 nitrogen and oxygen atoms in total. The van der Waals surface area contributed by atoms with Crippen molar-refractivity contribution in [1.82, 2.24) is 5.32 Å². The van der Waals surface area contributed by atoms with Gasteiger partial charge in [0.25, 0.3) is 0 Å². The number of fused-ring (bicyclic) bond motifs is 1. The van der Waals surface area contributed by atoms with Crippen LogP contribution in [0.2, 0.25) is 0 Å². The molecule has 19 heavy (non-hydrogen) atoms. The second-order valence-corrected chi connectivity index (χ2v) is 4.76. The van der Waals surface area contributed by atoms with Crippen LogP contribution >= 0.6 is 0 Å². The number of para-hydroxylation sites is 1. The average Bonchev–Trinajstić information content (AvgIpc) is 2.83. The summed E-state index contributed by atoms with van der Waals surface area (Å²) in [6.45, 7) is 3.80. The fourth-order valence-electron chi connectivity index (χ4n) is 2.47. The van der Waals surface area contributed by atoms with E-state index in [2.05, 4.69) is 16.3 Å². The van der Waals surface area contributed by atoms with E-state index < -0.39 is 0 Å². The number of ether oxygens (including phenoxy) is 1. The Bertz CT molecular complexity index is 462. The first kappa shape index (κ1) is 13.7. The molecule has 1 atom stereocenters. The van der Waals surface area contributed by atoms with Gasteiger partial charge in [0.05, 0.1) is 18.0 Å². The van der Waals surface area contributed by atoms with Crippen molar-refractivity contribution in [2.45, 2.75) is 19.4 Å². The molecule has 1 amide bonds. The van der Waals surface area contributed by atoms with Gasteiger partial charge in [-0.2, -0.15) is 0 Å². The number of carbonyl (C=O) groups is 1. The third kappa shape index (κ3) is 2.81. The summed E-state index contributed by atoms with van der Waals surface area (Å²) in [6, 6.07) is 5.69. The van der Waals surface area contributed by atoms with Gasteiger partial charge in [0.2, 0.25) is 5.91 Å². The molecular weight excluding hydrogens is 242 g/mol. The highest BCUT2D eigenvalue weighted by molar-refractivity contribution is 5.88. The molecule has 0 aliphatic carbocycles.